The van der Waals surface area contributed by atoms with Crippen LogP contribution < -0.4 is 10.7 Å². The van der Waals surface area contributed by atoms with Gasteiger partial charge in [0.1, 0.15) is 5.76 Å². The summed E-state index contributed by atoms with van der Waals surface area (Å²) in [6.07, 6.45) is -1.41. The molecule has 1 aliphatic rings. The van der Waals surface area contributed by atoms with Gasteiger partial charge in [0.05, 0.1) is 17.0 Å². The molecule has 0 aliphatic heterocycles. The lowest BCUT2D eigenvalue weighted by molar-refractivity contribution is -0.137. The molecule has 0 radical (unpaired) electrons. The Morgan fingerprint density at radius 1 is 1.27 bits per heavy atom. The smallest absolute Gasteiger partial charge is 0.416 e. The molecule has 0 bridgehead atoms. The maximum absolute atomic E-state index is 12.9. The number of amides is 1. The Bertz CT molecular complexity index is 946. The zero-order valence-electron chi connectivity index (χ0n) is 17.3. The maximum atomic E-state index is 12.9. The molecule has 1 heterocycles. The topological polar surface area (TPSA) is 66.6 Å². The normalized spacial score (nSPS) is 15.4. The fourth-order valence-electron chi connectivity index (χ4n) is 3.45. The van der Waals surface area contributed by atoms with Crippen LogP contribution in [0.2, 0.25) is 0 Å². The van der Waals surface area contributed by atoms with E-state index in [0.29, 0.717) is 42.3 Å². The molecule has 0 saturated heterocycles. The van der Waals surface area contributed by atoms with Crippen LogP contribution in [-0.4, -0.2) is 18.2 Å². The van der Waals surface area contributed by atoms with Crippen LogP contribution in [0.15, 0.2) is 33.8 Å². The minimum Gasteiger partial charge on any atom is -0.455 e. The van der Waals surface area contributed by atoms with Crippen LogP contribution in [0.3, 0.4) is 0 Å². The van der Waals surface area contributed by atoms with Gasteiger partial charge in [-0.2, -0.15) is 18.3 Å². The number of carbonyl (C=O) groups is 1. The number of anilines is 1. The number of hydrazone groups is 1. The van der Waals surface area contributed by atoms with E-state index >= 15 is 0 Å². The van der Waals surface area contributed by atoms with Crippen molar-refractivity contribution in [3.63, 3.8) is 0 Å². The lowest BCUT2D eigenvalue weighted by Crippen LogP contribution is -2.25. The van der Waals surface area contributed by atoms with E-state index in [1.807, 2.05) is 6.92 Å². The van der Waals surface area contributed by atoms with Crippen LogP contribution in [0, 0.1) is 12.8 Å². The standard InChI is InChI=1S/C22H26F3N3O2/c1-13(2)10-11-26-21(29)20-14(3)19-17(8-5-9-18(19)30-20)28-27-16-7-4-6-15(12-16)22(23,24)25/h4,6-7,12-13,27H,5,8-11H2,1-3H3,(H,26,29)/b28-17+. The minimum atomic E-state index is -4.41. The number of carbonyl (C=O) groups excluding carboxylic acids is 1. The highest BCUT2D eigenvalue weighted by Gasteiger charge is 2.31. The Morgan fingerprint density at radius 3 is 2.73 bits per heavy atom. The van der Waals surface area contributed by atoms with Crippen LogP contribution in [0.4, 0.5) is 18.9 Å². The molecule has 0 atom stereocenters. The molecule has 5 nitrogen and oxygen atoms in total. The van der Waals surface area contributed by atoms with Crippen molar-refractivity contribution in [2.45, 2.75) is 52.6 Å². The van der Waals surface area contributed by atoms with Crippen LogP contribution in [0.25, 0.3) is 0 Å². The summed E-state index contributed by atoms with van der Waals surface area (Å²) in [4.78, 5) is 12.5. The second-order valence-electron chi connectivity index (χ2n) is 7.90. The quantitative estimate of drug-likeness (QED) is 0.602. The molecule has 1 aromatic heterocycles. The first kappa shape index (κ1) is 21.9. The van der Waals surface area contributed by atoms with E-state index < -0.39 is 11.7 Å². The third-order valence-electron chi connectivity index (χ3n) is 5.05. The van der Waals surface area contributed by atoms with Crippen LogP contribution in [0.5, 0.6) is 0 Å². The maximum Gasteiger partial charge on any atom is 0.416 e. The summed E-state index contributed by atoms with van der Waals surface area (Å²) >= 11 is 0. The van der Waals surface area contributed by atoms with Crippen molar-refractivity contribution in [1.29, 1.82) is 0 Å². The van der Waals surface area contributed by atoms with Crippen molar-refractivity contribution in [3.8, 4) is 0 Å². The SMILES string of the molecule is Cc1c(C(=O)NCCC(C)C)oc2c1/C(=N/Nc1cccc(C(F)(F)F)c1)CCC2. The molecule has 0 unspecified atom stereocenters. The van der Waals surface area contributed by atoms with E-state index in [-0.39, 0.29) is 17.4 Å². The van der Waals surface area contributed by atoms with Crippen molar-refractivity contribution in [1.82, 2.24) is 5.32 Å². The molecule has 0 fully saturated rings. The largest absolute Gasteiger partial charge is 0.455 e. The highest BCUT2D eigenvalue weighted by molar-refractivity contribution is 6.06. The monoisotopic (exact) mass is 421 g/mol. The third-order valence-corrected chi connectivity index (χ3v) is 5.05. The zero-order chi connectivity index (χ0) is 21.9. The van der Waals surface area contributed by atoms with Gasteiger partial charge in [0.15, 0.2) is 5.76 Å². The highest BCUT2D eigenvalue weighted by atomic mass is 19.4. The molecule has 0 saturated carbocycles. The van der Waals surface area contributed by atoms with Gasteiger partial charge in [-0.05, 0) is 50.3 Å². The number of nitrogens with zero attached hydrogens (tertiary/aromatic N) is 1. The molecule has 162 valence electrons. The molecular weight excluding hydrogens is 395 g/mol. The zero-order valence-corrected chi connectivity index (χ0v) is 17.3. The van der Waals surface area contributed by atoms with Crippen LogP contribution >= 0.6 is 0 Å². The number of halogens is 3. The van der Waals surface area contributed by atoms with E-state index in [9.17, 15) is 18.0 Å². The predicted molar refractivity (Wildman–Crippen MR) is 110 cm³/mol. The number of alkyl halides is 3. The Labute approximate surface area is 173 Å². The molecule has 8 heteroatoms. The summed E-state index contributed by atoms with van der Waals surface area (Å²) in [5.41, 5.74) is 4.39. The first-order chi connectivity index (χ1) is 14.2. The van der Waals surface area contributed by atoms with Gasteiger partial charge >= 0.3 is 6.18 Å². The number of furan rings is 1. The van der Waals surface area contributed by atoms with Gasteiger partial charge in [0.2, 0.25) is 0 Å². The van der Waals surface area contributed by atoms with E-state index in [1.165, 1.54) is 12.1 Å². The number of hydrogen-bond donors (Lipinski definition) is 2. The lowest BCUT2D eigenvalue weighted by atomic mass is 9.93. The minimum absolute atomic E-state index is 0.247. The average molecular weight is 421 g/mol. The van der Waals surface area contributed by atoms with Gasteiger partial charge < -0.3 is 9.73 Å². The summed E-state index contributed by atoms with van der Waals surface area (Å²) in [6, 6.07) is 4.89. The fourth-order valence-corrected chi connectivity index (χ4v) is 3.45. The van der Waals surface area contributed by atoms with Gasteiger partial charge in [-0.1, -0.05) is 19.9 Å². The molecular formula is C22H26F3N3O2. The molecule has 0 spiro atoms. The Morgan fingerprint density at radius 2 is 2.03 bits per heavy atom. The van der Waals surface area contributed by atoms with Gasteiger partial charge in [0, 0.05) is 24.1 Å². The van der Waals surface area contributed by atoms with E-state index in [2.05, 4.69) is 29.7 Å². The van der Waals surface area contributed by atoms with E-state index in [1.54, 1.807) is 0 Å². The Hall–Kier alpha value is -2.77. The van der Waals surface area contributed by atoms with E-state index in [0.717, 1.165) is 30.5 Å². The Kier molecular flexibility index (Phi) is 6.53. The van der Waals surface area contributed by atoms with Crippen molar-refractivity contribution in [2.75, 3.05) is 12.0 Å². The molecule has 30 heavy (non-hydrogen) atoms. The van der Waals surface area contributed by atoms with E-state index in [4.69, 9.17) is 4.42 Å². The van der Waals surface area contributed by atoms with Gasteiger partial charge in [-0.15, -0.1) is 0 Å². The summed E-state index contributed by atoms with van der Waals surface area (Å²) in [6.45, 7) is 6.55. The molecule has 2 aromatic rings. The average Bonchev–Trinajstić information content (AvgIpc) is 3.03. The van der Waals surface area contributed by atoms with Crippen molar-refractivity contribution in [3.05, 3.63) is 52.5 Å². The number of benzene rings is 1. The Balaban J connectivity index is 1.80. The molecule has 1 aliphatic carbocycles. The van der Waals surface area contributed by atoms with Crippen LogP contribution in [-0.2, 0) is 12.6 Å². The summed E-state index contributed by atoms with van der Waals surface area (Å²) in [5, 5.41) is 7.22. The number of rotatable bonds is 6. The second kappa shape index (κ2) is 8.93. The molecule has 2 N–H and O–H groups in total. The van der Waals surface area contributed by atoms with Crippen molar-refractivity contribution < 1.29 is 22.4 Å². The number of hydrogen-bond acceptors (Lipinski definition) is 4. The van der Waals surface area contributed by atoms with Gasteiger partial charge in [0.25, 0.3) is 5.91 Å². The predicted octanol–water partition coefficient (Wildman–Crippen LogP) is 5.54. The van der Waals surface area contributed by atoms with Crippen molar-refractivity contribution >= 4 is 17.3 Å². The summed E-state index contributed by atoms with van der Waals surface area (Å²) < 4.78 is 44.6. The number of nitrogens with one attached hydrogen (secondary N) is 2. The lowest BCUT2D eigenvalue weighted by Gasteiger charge is -2.14. The number of fused-ring (bicyclic) bond motifs is 1. The van der Waals surface area contributed by atoms with Crippen molar-refractivity contribution in [2.24, 2.45) is 11.0 Å². The number of aryl methyl sites for hydroxylation is 1. The first-order valence-corrected chi connectivity index (χ1v) is 10.1. The van der Waals surface area contributed by atoms with Gasteiger partial charge in [-0.25, -0.2) is 0 Å². The van der Waals surface area contributed by atoms with Gasteiger partial charge in [-0.3, -0.25) is 10.2 Å². The highest BCUT2D eigenvalue weighted by Crippen LogP contribution is 2.32. The molecule has 3 rings (SSSR count). The molecule has 1 aromatic carbocycles. The first-order valence-electron chi connectivity index (χ1n) is 10.1. The summed E-state index contributed by atoms with van der Waals surface area (Å²) in [7, 11) is 0. The summed E-state index contributed by atoms with van der Waals surface area (Å²) in [5.74, 6) is 1.19. The fraction of sp³-hybridized carbons (Fsp3) is 0.455. The van der Waals surface area contributed by atoms with Crippen LogP contribution in [0.1, 0.15) is 66.1 Å². The second-order valence-corrected chi connectivity index (χ2v) is 7.90. The molecule has 1 amide bonds. The third kappa shape index (κ3) is 5.04.